The van der Waals surface area contributed by atoms with Crippen LogP contribution in [-0.4, -0.2) is 22.0 Å². The van der Waals surface area contributed by atoms with Crippen molar-refractivity contribution in [1.29, 1.82) is 0 Å². The SMILES string of the molecule is CC(C)C(C)Nc1c(O)ccc(C(=O)c2ccccc2)c1O. The van der Waals surface area contributed by atoms with Crippen LogP contribution in [0.1, 0.15) is 36.7 Å². The van der Waals surface area contributed by atoms with E-state index in [4.69, 9.17) is 0 Å². The van der Waals surface area contributed by atoms with E-state index in [1.807, 2.05) is 26.8 Å². The van der Waals surface area contributed by atoms with Crippen LogP contribution in [0.2, 0.25) is 0 Å². The Morgan fingerprint density at radius 1 is 1.00 bits per heavy atom. The van der Waals surface area contributed by atoms with Gasteiger partial charge < -0.3 is 15.5 Å². The fraction of sp³-hybridized carbons (Fsp3) is 0.278. The molecular formula is C18H21NO3. The lowest BCUT2D eigenvalue weighted by Crippen LogP contribution is -2.21. The summed E-state index contributed by atoms with van der Waals surface area (Å²) in [7, 11) is 0. The highest BCUT2D eigenvalue weighted by Crippen LogP contribution is 2.37. The maximum Gasteiger partial charge on any atom is 0.196 e. The zero-order valence-electron chi connectivity index (χ0n) is 13.0. The van der Waals surface area contributed by atoms with Gasteiger partial charge in [0.15, 0.2) is 11.5 Å². The van der Waals surface area contributed by atoms with Crippen molar-refractivity contribution in [3.63, 3.8) is 0 Å². The molecule has 0 radical (unpaired) electrons. The topological polar surface area (TPSA) is 69.6 Å². The molecule has 0 heterocycles. The predicted molar refractivity (Wildman–Crippen MR) is 87.6 cm³/mol. The van der Waals surface area contributed by atoms with Crippen molar-refractivity contribution in [3.05, 3.63) is 53.6 Å². The third-order valence-corrected chi connectivity index (χ3v) is 3.81. The summed E-state index contributed by atoms with van der Waals surface area (Å²) in [5.41, 5.74) is 0.858. The average molecular weight is 299 g/mol. The van der Waals surface area contributed by atoms with Gasteiger partial charge in [0.1, 0.15) is 11.4 Å². The Morgan fingerprint density at radius 3 is 2.23 bits per heavy atom. The van der Waals surface area contributed by atoms with E-state index >= 15 is 0 Å². The number of rotatable bonds is 5. The molecule has 0 aliphatic rings. The van der Waals surface area contributed by atoms with Gasteiger partial charge in [-0.3, -0.25) is 4.79 Å². The first-order valence-electron chi connectivity index (χ1n) is 7.33. The van der Waals surface area contributed by atoms with E-state index in [0.29, 0.717) is 11.5 Å². The molecule has 4 nitrogen and oxygen atoms in total. The highest BCUT2D eigenvalue weighted by Gasteiger charge is 2.20. The minimum atomic E-state index is -0.279. The largest absolute Gasteiger partial charge is 0.506 e. The van der Waals surface area contributed by atoms with E-state index in [0.717, 1.165) is 0 Å². The lowest BCUT2D eigenvalue weighted by molar-refractivity contribution is 0.103. The molecule has 0 spiro atoms. The minimum Gasteiger partial charge on any atom is -0.506 e. The quantitative estimate of drug-likeness (QED) is 0.580. The molecule has 22 heavy (non-hydrogen) atoms. The summed E-state index contributed by atoms with van der Waals surface area (Å²) < 4.78 is 0. The number of carbonyl (C=O) groups is 1. The summed E-state index contributed by atoms with van der Waals surface area (Å²) in [5, 5.41) is 23.4. The molecule has 2 aromatic rings. The number of ketones is 1. The van der Waals surface area contributed by atoms with Crippen molar-refractivity contribution in [2.45, 2.75) is 26.8 Å². The fourth-order valence-electron chi connectivity index (χ4n) is 2.05. The molecular weight excluding hydrogens is 278 g/mol. The van der Waals surface area contributed by atoms with Gasteiger partial charge in [-0.2, -0.15) is 0 Å². The monoisotopic (exact) mass is 299 g/mol. The number of benzene rings is 2. The smallest absolute Gasteiger partial charge is 0.196 e. The second kappa shape index (κ2) is 6.52. The van der Waals surface area contributed by atoms with Crippen LogP contribution in [0.5, 0.6) is 11.5 Å². The van der Waals surface area contributed by atoms with Gasteiger partial charge in [0, 0.05) is 11.6 Å². The highest BCUT2D eigenvalue weighted by atomic mass is 16.3. The van der Waals surface area contributed by atoms with Gasteiger partial charge in [0.2, 0.25) is 0 Å². The van der Waals surface area contributed by atoms with Crippen molar-refractivity contribution >= 4 is 11.5 Å². The molecule has 0 fully saturated rings. The van der Waals surface area contributed by atoms with E-state index in [9.17, 15) is 15.0 Å². The summed E-state index contributed by atoms with van der Waals surface area (Å²) in [6.45, 7) is 6.02. The van der Waals surface area contributed by atoms with Crippen LogP contribution < -0.4 is 5.32 Å². The number of phenols is 2. The summed E-state index contributed by atoms with van der Waals surface area (Å²) in [4.78, 5) is 12.5. The first kappa shape index (κ1) is 15.9. The van der Waals surface area contributed by atoms with Crippen LogP contribution in [0.3, 0.4) is 0 Å². The van der Waals surface area contributed by atoms with Crippen LogP contribution in [0, 0.1) is 5.92 Å². The molecule has 0 bridgehead atoms. The average Bonchev–Trinajstić information content (AvgIpc) is 2.51. The van der Waals surface area contributed by atoms with Crippen molar-refractivity contribution in [2.75, 3.05) is 5.32 Å². The lowest BCUT2D eigenvalue weighted by Gasteiger charge is -2.21. The number of hydrogen-bond acceptors (Lipinski definition) is 4. The summed E-state index contributed by atoms with van der Waals surface area (Å²) in [6, 6.07) is 11.6. The van der Waals surface area contributed by atoms with E-state index in [-0.39, 0.29) is 34.6 Å². The first-order valence-corrected chi connectivity index (χ1v) is 7.33. The van der Waals surface area contributed by atoms with Gasteiger partial charge >= 0.3 is 0 Å². The Kier molecular flexibility index (Phi) is 4.71. The maximum atomic E-state index is 12.5. The molecule has 0 aliphatic heterocycles. The van der Waals surface area contributed by atoms with Crippen LogP contribution >= 0.6 is 0 Å². The second-order valence-corrected chi connectivity index (χ2v) is 5.73. The first-order chi connectivity index (χ1) is 10.4. The number of phenolic OH excluding ortho intramolecular Hbond substituents is 2. The van der Waals surface area contributed by atoms with Crippen molar-refractivity contribution in [2.24, 2.45) is 5.92 Å². The molecule has 0 amide bonds. The molecule has 1 unspecified atom stereocenters. The number of hydrogen-bond donors (Lipinski definition) is 3. The van der Waals surface area contributed by atoms with Gasteiger partial charge in [-0.1, -0.05) is 44.2 Å². The highest BCUT2D eigenvalue weighted by molar-refractivity contribution is 6.11. The zero-order chi connectivity index (χ0) is 16.3. The van der Waals surface area contributed by atoms with Gasteiger partial charge in [-0.25, -0.2) is 0 Å². The molecule has 4 heteroatoms. The number of anilines is 1. The Bertz CT molecular complexity index is 666. The van der Waals surface area contributed by atoms with E-state index < -0.39 is 0 Å². The van der Waals surface area contributed by atoms with E-state index in [1.165, 1.54) is 12.1 Å². The van der Waals surface area contributed by atoms with Crippen LogP contribution in [0.4, 0.5) is 5.69 Å². The summed E-state index contributed by atoms with van der Waals surface area (Å²) in [5.74, 6) is -0.262. The summed E-state index contributed by atoms with van der Waals surface area (Å²) in [6.07, 6.45) is 0. The Labute approximate surface area is 130 Å². The second-order valence-electron chi connectivity index (χ2n) is 5.73. The van der Waals surface area contributed by atoms with Crippen molar-refractivity contribution < 1.29 is 15.0 Å². The standard InChI is InChI=1S/C18H21NO3/c1-11(2)12(3)19-16-15(20)10-9-14(18(16)22)17(21)13-7-5-4-6-8-13/h4-12,19-20,22H,1-3H3. The fourth-order valence-corrected chi connectivity index (χ4v) is 2.05. The van der Waals surface area contributed by atoms with Gasteiger partial charge in [0.05, 0.1) is 5.56 Å². The molecule has 3 N–H and O–H groups in total. The van der Waals surface area contributed by atoms with Crippen molar-refractivity contribution in [1.82, 2.24) is 0 Å². The van der Waals surface area contributed by atoms with Gasteiger partial charge in [-0.15, -0.1) is 0 Å². The predicted octanol–water partition coefficient (Wildman–Crippen LogP) is 3.79. The van der Waals surface area contributed by atoms with E-state index in [2.05, 4.69) is 5.32 Å². The molecule has 116 valence electrons. The Balaban J connectivity index is 2.40. The van der Waals surface area contributed by atoms with Crippen LogP contribution in [0.15, 0.2) is 42.5 Å². The van der Waals surface area contributed by atoms with Gasteiger partial charge in [0.25, 0.3) is 0 Å². The Hall–Kier alpha value is -2.49. The van der Waals surface area contributed by atoms with Crippen molar-refractivity contribution in [3.8, 4) is 11.5 Å². The molecule has 2 rings (SSSR count). The molecule has 0 saturated carbocycles. The number of aromatic hydroxyl groups is 2. The van der Waals surface area contributed by atoms with E-state index in [1.54, 1.807) is 24.3 Å². The van der Waals surface area contributed by atoms with Crippen LogP contribution in [0.25, 0.3) is 0 Å². The number of nitrogens with one attached hydrogen (secondary N) is 1. The number of carbonyl (C=O) groups excluding carboxylic acids is 1. The minimum absolute atomic E-state index is 0.0406. The lowest BCUT2D eigenvalue weighted by atomic mass is 10.00. The molecule has 0 aromatic heterocycles. The molecule has 0 saturated heterocycles. The molecule has 2 aromatic carbocycles. The normalized spacial score (nSPS) is 12.2. The third kappa shape index (κ3) is 3.22. The zero-order valence-corrected chi connectivity index (χ0v) is 13.0. The maximum absolute atomic E-state index is 12.5. The third-order valence-electron chi connectivity index (χ3n) is 3.81. The van der Waals surface area contributed by atoms with Gasteiger partial charge in [-0.05, 0) is 25.0 Å². The van der Waals surface area contributed by atoms with Crippen LogP contribution in [-0.2, 0) is 0 Å². The Morgan fingerprint density at radius 2 is 1.64 bits per heavy atom. The molecule has 0 aliphatic carbocycles. The summed E-state index contributed by atoms with van der Waals surface area (Å²) >= 11 is 0. The molecule has 1 atom stereocenters.